The van der Waals surface area contributed by atoms with Gasteiger partial charge in [-0.1, -0.05) is 83.1 Å². The Morgan fingerprint density at radius 3 is 0.852 bits per heavy atom. The first-order chi connectivity index (χ1) is 12.0. The maximum Gasteiger partial charge on any atom is 0.230 e. The van der Waals surface area contributed by atoms with Crippen LogP contribution < -0.4 is 0 Å². The predicted octanol–water partition coefficient (Wildman–Crippen LogP) is 6.63. The lowest BCUT2D eigenvalue weighted by atomic mass is 9.84. The Morgan fingerprint density at radius 1 is 0.407 bits per heavy atom. The van der Waals surface area contributed by atoms with E-state index in [2.05, 4.69) is 83.1 Å². The van der Waals surface area contributed by atoms with E-state index < -0.39 is 0 Å². The van der Waals surface area contributed by atoms with Crippen LogP contribution in [0.1, 0.15) is 83.1 Å². The Kier molecular flexibility index (Phi) is 7.00. The van der Waals surface area contributed by atoms with E-state index in [0.29, 0.717) is 20.0 Å². The third-order valence-electron chi connectivity index (χ3n) is 4.12. The zero-order chi connectivity index (χ0) is 21.3. The SMILES string of the molecule is CC(C)(C)C1=C(C(C)(C)C)OCCO1.CC(C)(C)C1=C(C(C)(C)C)OCO1. The van der Waals surface area contributed by atoms with Gasteiger partial charge < -0.3 is 18.9 Å². The van der Waals surface area contributed by atoms with Crippen molar-refractivity contribution in [3.63, 3.8) is 0 Å². The van der Waals surface area contributed by atoms with E-state index in [0.717, 1.165) is 23.0 Å². The van der Waals surface area contributed by atoms with Crippen molar-refractivity contribution < 1.29 is 18.9 Å². The van der Waals surface area contributed by atoms with Gasteiger partial charge in [0.1, 0.15) is 36.3 Å². The summed E-state index contributed by atoms with van der Waals surface area (Å²) in [6, 6.07) is 0. The summed E-state index contributed by atoms with van der Waals surface area (Å²) in [5.74, 6) is 4.02. The van der Waals surface area contributed by atoms with E-state index in [1.165, 1.54) is 0 Å². The van der Waals surface area contributed by atoms with Crippen LogP contribution in [0.5, 0.6) is 0 Å². The summed E-state index contributed by atoms with van der Waals surface area (Å²) < 4.78 is 22.5. The van der Waals surface area contributed by atoms with Crippen LogP contribution in [-0.2, 0) is 18.9 Å². The van der Waals surface area contributed by atoms with Crippen LogP contribution in [0.25, 0.3) is 0 Å². The lowest BCUT2D eigenvalue weighted by molar-refractivity contribution is 0.00833. The van der Waals surface area contributed by atoms with Crippen molar-refractivity contribution in [2.24, 2.45) is 21.7 Å². The van der Waals surface area contributed by atoms with Crippen molar-refractivity contribution in [2.45, 2.75) is 83.1 Å². The molecule has 0 aromatic heterocycles. The van der Waals surface area contributed by atoms with Crippen molar-refractivity contribution >= 4 is 0 Å². The van der Waals surface area contributed by atoms with Gasteiger partial charge in [0.15, 0.2) is 0 Å². The van der Waals surface area contributed by atoms with Gasteiger partial charge in [0.25, 0.3) is 0 Å². The van der Waals surface area contributed by atoms with Gasteiger partial charge in [0.05, 0.1) is 0 Å². The molecular formula is C23H42O4. The van der Waals surface area contributed by atoms with Gasteiger partial charge in [-0.3, -0.25) is 0 Å². The van der Waals surface area contributed by atoms with Gasteiger partial charge >= 0.3 is 0 Å². The highest BCUT2D eigenvalue weighted by Crippen LogP contribution is 2.41. The molecule has 0 radical (unpaired) electrons. The van der Waals surface area contributed by atoms with E-state index in [1.807, 2.05) is 0 Å². The first-order valence-corrected chi connectivity index (χ1v) is 9.97. The van der Waals surface area contributed by atoms with Crippen molar-refractivity contribution in [3.05, 3.63) is 23.0 Å². The average molecular weight is 383 g/mol. The molecule has 0 spiro atoms. The minimum Gasteiger partial charge on any atom is -0.490 e. The number of hydrogen-bond donors (Lipinski definition) is 0. The molecule has 0 amide bonds. The summed E-state index contributed by atoms with van der Waals surface area (Å²) in [4.78, 5) is 0. The fraction of sp³-hybridized carbons (Fsp3) is 0.826. The van der Waals surface area contributed by atoms with E-state index >= 15 is 0 Å². The lowest BCUT2D eigenvalue weighted by Gasteiger charge is -2.35. The van der Waals surface area contributed by atoms with Crippen LogP contribution in [-0.4, -0.2) is 20.0 Å². The Labute approximate surface area is 167 Å². The highest BCUT2D eigenvalue weighted by molar-refractivity contribution is 5.17. The van der Waals surface area contributed by atoms with Crippen molar-refractivity contribution in [1.82, 2.24) is 0 Å². The van der Waals surface area contributed by atoms with Crippen molar-refractivity contribution in [1.29, 1.82) is 0 Å². The summed E-state index contributed by atoms with van der Waals surface area (Å²) in [6.07, 6.45) is 0. The molecule has 158 valence electrons. The normalized spacial score (nSPS) is 18.8. The molecule has 0 N–H and O–H groups in total. The molecule has 27 heavy (non-hydrogen) atoms. The van der Waals surface area contributed by atoms with Gasteiger partial charge in [0.2, 0.25) is 6.79 Å². The zero-order valence-corrected chi connectivity index (χ0v) is 19.8. The molecule has 2 heterocycles. The third kappa shape index (κ3) is 6.65. The second kappa shape index (κ2) is 7.97. The fourth-order valence-electron chi connectivity index (χ4n) is 2.93. The summed E-state index contributed by atoms with van der Waals surface area (Å²) in [7, 11) is 0. The second-order valence-corrected chi connectivity index (χ2v) is 11.4. The summed E-state index contributed by atoms with van der Waals surface area (Å²) >= 11 is 0. The van der Waals surface area contributed by atoms with E-state index in [4.69, 9.17) is 18.9 Å². The van der Waals surface area contributed by atoms with E-state index in [-0.39, 0.29) is 21.7 Å². The predicted molar refractivity (Wildman–Crippen MR) is 111 cm³/mol. The summed E-state index contributed by atoms with van der Waals surface area (Å²) in [6.45, 7) is 27.5. The molecule has 0 bridgehead atoms. The van der Waals surface area contributed by atoms with Crippen molar-refractivity contribution in [2.75, 3.05) is 20.0 Å². The van der Waals surface area contributed by atoms with Gasteiger partial charge in [-0.05, 0) is 0 Å². The van der Waals surface area contributed by atoms with E-state index in [1.54, 1.807) is 0 Å². The maximum atomic E-state index is 5.74. The van der Waals surface area contributed by atoms with Crippen LogP contribution >= 0.6 is 0 Å². The largest absolute Gasteiger partial charge is 0.490 e. The summed E-state index contributed by atoms with van der Waals surface area (Å²) in [5, 5.41) is 0. The quantitative estimate of drug-likeness (QED) is 0.471. The minimum atomic E-state index is 0.0308. The molecular weight excluding hydrogens is 340 g/mol. The Morgan fingerprint density at radius 2 is 0.630 bits per heavy atom. The zero-order valence-electron chi connectivity index (χ0n) is 19.8. The number of allylic oxidation sites excluding steroid dienone is 4. The molecule has 4 nitrogen and oxygen atoms in total. The Hall–Kier alpha value is -1.32. The van der Waals surface area contributed by atoms with E-state index in [9.17, 15) is 0 Å². The first-order valence-electron chi connectivity index (χ1n) is 9.97. The summed E-state index contributed by atoms with van der Waals surface area (Å²) in [5.41, 5.74) is 0.143. The van der Waals surface area contributed by atoms with Crippen LogP contribution in [0.4, 0.5) is 0 Å². The highest BCUT2D eigenvalue weighted by atomic mass is 16.7. The van der Waals surface area contributed by atoms with Crippen LogP contribution in [0.15, 0.2) is 23.0 Å². The molecule has 2 rings (SSSR count). The lowest BCUT2D eigenvalue weighted by Crippen LogP contribution is -2.28. The van der Waals surface area contributed by atoms with Gasteiger partial charge in [-0.15, -0.1) is 0 Å². The molecule has 4 heteroatoms. The Bertz CT molecular complexity index is 519. The van der Waals surface area contributed by atoms with Gasteiger partial charge in [-0.2, -0.15) is 0 Å². The number of hydrogen-bond acceptors (Lipinski definition) is 4. The molecule has 0 fully saturated rings. The molecule has 0 aliphatic carbocycles. The monoisotopic (exact) mass is 382 g/mol. The molecule has 0 unspecified atom stereocenters. The van der Waals surface area contributed by atoms with Crippen LogP contribution in [0.2, 0.25) is 0 Å². The molecule has 0 saturated heterocycles. The van der Waals surface area contributed by atoms with Gasteiger partial charge in [-0.25, -0.2) is 0 Å². The van der Waals surface area contributed by atoms with Crippen molar-refractivity contribution in [3.8, 4) is 0 Å². The average Bonchev–Trinajstić information content (AvgIpc) is 2.96. The first kappa shape index (κ1) is 23.7. The number of rotatable bonds is 0. The maximum absolute atomic E-state index is 5.74. The van der Waals surface area contributed by atoms with Crippen LogP contribution in [0.3, 0.4) is 0 Å². The molecule has 2 aliphatic heterocycles. The molecule has 0 atom stereocenters. The molecule has 2 aliphatic rings. The Balaban J connectivity index is 0.000000271. The topological polar surface area (TPSA) is 36.9 Å². The standard InChI is InChI=1S/C12H22O2.C11H20O2/c1-11(2,3)9-10(12(4,5)6)14-8-7-13-9;1-10(2,3)8-9(11(4,5)6)13-7-12-8/h7-8H2,1-6H3;7H2,1-6H3. The fourth-order valence-corrected chi connectivity index (χ4v) is 2.93. The number of ether oxygens (including phenoxy) is 4. The molecule has 0 saturated carbocycles. The molecule has 0 aromatic carbocycles. The smallest absolute Gasteiger partial charge is 0.230 e. The molecule has 0 aromatic rings. The minimum absolute atomic E-state index is 0.0308. The third-order valence-corrected chi connectivity index (χ3v) is 4.12. The van der Waals surface area contributed by atoms with Crippen LogP contribution in [0, 0.1) is 21.7 Å². The van der Waals surface area contributed by atoms with Gasteiger partial charge in [0, 0.05) is 21.7 Å². The highest BCUT2D eigenvalue weighted by Gasteiger charge is 2.35. The second-order valence-electron chi connectivity index (χ2n) is 11.4.